The van der Waals surface area contributed by atoms with Crippen molar-refractivity contribution in [2.24, 2.45) is 0 Å². The van der Waals surface area contributed by atoms with Crippen LogP contribution in [0, 0.1) is 0 Å². The first-order valence-corrected chi connectivity index (χ1v) is 9.55. The van der Waals surface area contributed by atoms with Crippen LogP contribution in [0.1, 0.15) is 32.4 Å². The van der Waals surface area contributed by atoms with Gasteiger partial charge in [-0.25, -0.2) is 0 Å². The molecular weight excluding hydrogens is 340 g/mol. The molecule has 2 aromatic carbocycles. The number of benzene rings is 2. The highest BCUT2D eigenvalue weighted by atomic mass is 16.5. The fourth-order valence-corrected chi connectivity index (χ4v) is 3.64. The molecule has 1 N–H and O–H groups in total. The Bertz CT molecular complexity index is 740. The number of carbonyl (C=O) groups is 1. The molecular formula is C22H28N2O3. The number of morpholine rings is 1. The number of ether oxygens (including phenoxy) is 2. The van der Waals surface area contributed by atoms with Gasteiger partial charge in [0, 0.05) is 13.1 Å². The normalized spacial score (nSPS) is 21.4. The largest absolute Gasteiger partial charge is 0.492 e. The molecule has 5 nitrogen and oxygen atoms in total. The molecule has 1 aliphatic rings. The van der Waals surface area contributed by atoms with E-state index in [0.29, 0.717) is 31.1 Å². The molecule has 3 unspecified atom stereocenters. The van der Waals surface area contributed by atoms with E-state index in [1.807, 2.05) is 75.4 Å². The number of rotatable bonds is 6. The topological polar surface area (TPSA) is 50.8 Å². The van der Waals surface area contributed by atoms with Crippen LogP contribution in [0.25, 0.3) is 0 Å². The van der Waals surface area contributed by atoms with E-state index in [0.717, 1.165) is 5.56 Å². The summed E-state index contributed by atoms with van der Waals surface area (Å²) < 4.78 is 11.5. The Balaban J connectivity index is 1.88. The molecule has 27 heavy (non-hydrogen) atoms. The molecule has 0 bridgehead atoms. The first-order chi connectivity index (χ1) is 13.1. The molecule has 1 aliphatic heterocycles. The molecule has 3 rings (SSSR count). The Morgan fingerprint density at radius 3 is 2.41 bits per heavy atom. The highest BCUT2D eigenvalue weighted by Gasteiger charge is 2.33. The van der Waals surface area contributed by atoms with Gasteiger partial charge in [-0.05, 0) is 38.5 Å². The van der Waals surface area contributed by atoms with Gasteiger partial charge in [0.2, 0.25) is 5.91 Å². The van der Waals surface area contributed by atoms with Crippen molar-refractivity contribution in [3.8, 4) is 5.75 Å². The average Bonchev–Trinajstić information content (AvgIpc) is 2.64. The lowest BCUT2D eigenvalue weighted by Crippen LogP contribution is -2.49. The fourth-order valence-electron chi connectivity index (χ4n) is 3.64. The second kappa shape index (κ2) is 9.02. The van der Waals surface area contributed by atoms with Gasteiger partial charge < -0.3 is 14.8 Å². The average molecular weight is 368 g/mol. The van der Waals surface area contributed by atoms with Crippen LogP contribution in [0.2, 0.25) is 0 Å². The van der Waals surface area contributed by atoms with Gasteiger partial charge in [0.05, 0.1) is 24.5 Å². The van der Waals surface area contributed by atoms with Crippen molar-refractivity contribution in [3.05, 3.63) is 60.2 Å². The maximum atomic E-state index is 13.3. The van der Waals surface area contributed by atoms with Crippen LogP contribution in [-0.4, -0.2) is 42.7 Å². The molecule has 1 fully saturated rings. The quantitative estimate of drug-likeness (QED) is 0.841. The maximum Gasteiger partial charge on any atom is 0.246 e. The maximum absolute atomic E-state index is 13.3. The zero-order valence-electron chi connectivity index (χ0n) is 16.2. The van der Waals surface area contributed by atoms with E-state index >= 15 is 0 Å². The minimum atomic E-state index is -0.380. The van der Waals surface area contributed by atoms with E-state index < -0.39 is 0 Å². The molecule has 0 aromatic heterocycles. The van der Waals surface area contributed by atoms with Crippen LogP contribution < -0.4 is 10.1 Å². The number of hydrogen-bond acceptors (Lipinski definition) is 4. The summed E-state index contributed by atoms with van der Waals surface area (Å²) in [4.78, 5) is 15.5. The number of nitrogens with zero attached hydrogens (tertiary/aromatic N) is 1. The summed E-state index contributed by atoms with van der Waals surface area (Å²) in [6, 6.07) is 17.1. The van der Waals surface area contributed by atoms with E-state index in [-0.39, 0.29) is 24.2 Å². The fraction of sp³-hybridized carbons (Fsp3) is 0.409. The van der Waals surface area contributed by atoms with Gasteiger partial charge in [-0.2, -0.15) is 0 Å². The number of hydrogen-bond donors (Lipinski definition) is 1. The van der Waals surface area contributed by atoms with Crippen LogP contribution in [0.4, 0.5) is 5.69 Å². The van der Waals surface area contributed by atoms with E-state index in [1.54, 1.807) is 0 Å². The summed E-state index contributed by atoms with van der Waals surface area (Å²) in [6.45, 7) is 8.00. The first kappa shape index (κ1) is 19.4. The predicted octanol–water partition coefficient (Wildman–Crippen LogP) is 3.87. The lowest BCUT2D eigenvalue weighted by molar-refractivity contribution is -0.128. The molecule has 0 spiro atoms. The minimum Gasteiger partial charge on any atom is -0.492 e. The van der Waals surface area contributed by atoms with E-state index in [2.05, 4.69) is 10.2 Å². The number of para-hydroxylation sites is 2. The zero-order valence-corrected chi connectivity index (χ0v) is 16.2. The third-order valence-corrected chi connectivity index (χ3v) is 4.62. The first-order valence-electron chi connectivity index (χ1n) is 9.55. The van der Waals surface area contributed by atoms with Gasteiger partial charge in [-0.15, -0.1) is 0 Å². The van der Waals surface area contributed by atoms with Gasteiger partial charge in [-0.3, -0.25) is 9.69 Å². The standard InChI is InChI=1S/C22H28N2O3/c1-4-26-20-13-9-8-12-19(20)23-22(25)21(18-10-6-5-7-11-18)24-14-16(2)27-17(3)15-24/h5-13,16-17,21H,4,14-15H2,1-3H3,(H,23,25). The number of carbonyl (C=O) groups excluding carboxylic acids is 1. The summed E-state index contributed by atoms with van der Waals surface area (Å²) in [5.74, 6) is 0.624. The molecule has 0 radical (unpaired) electrons. The molecule has 0 saturated carbocycles. The van der Waals surface area contributed by atoms with Gasteiger partial charge in [0.15, 0.2) is 0 Å². The van der Waals surface area contributed by atoms with E-state index in [9.17, 15) is 4.79 Å². The predicted molar refractivity (Wildman–Crippen MR) is 107 cm³/mol. The summed E-state index contributed by atoms with van der Waals surface area (Å²) in [5.41, 5.74) is 1.67. The van der Waals surface area contributed by atoms with Crippen molar-refractivity contribution in [1.82, 2.24) is 4.90 Å². The van der Waals surface area contributed by atoms with Crippen LogP contribution in [0.15, 0.2) is 54.6 Å². The molecule has 1 heterocycles. The van der Waals surface area contributed by atoms with Crippen molar-refractivity contribution >= 4 is 11.6 Å². The molecule has 144 valence electrons. The monoisotopic (exact) mass is 368 g/mol. The van der Waals surface area contributed by atoms with E-state index in [4.69, 9.17) is 9.47 Å². The third kappa shape index (κ3) is 4.87. The van der Waals surface area contributed by atoms with Crippen molar-refractivity contribution in [1.29, 1.82) is 0 Å². The molecule has 1 amide bonds. The highest BCUT2D eigenvalue weighted by molar-refractivity contribution is 5.96. The lowest BCUT2D eigenvalue weighted by atomic mass is 10.0. The highest BCUT2D eigenvalue weighted by Crippen LogP contribution is 2.29. The number of anilines is 1. The molecule has 1 saturated heterocycles. The van der Waals surface area contributed by atoms with Crippen molar-refractivity contribution in [3.63, 3.8) is 0 Å². The molecule has 5 heteroatoms. The number of amides is 1. The van der Waals surface area contributed by atoms with E-state index in [1.165, 1.54) is 0 Å². The van der Waals surface area contributed by atoms with Gasteiger partial charge in [0.1, 0.15) is 11.8 Å². The zero-order chi connectivity index (χ0) is 19.2. The molecule has 0 aliphatic carbocycles. The Hall–Kier alpha value is -2.37. The van der Waals surface area contributed by atoms with Crippen molar-refractivity contribution in [2.75, 3.05) is 25.0 Å². The van der Waals surface area contributed by atoms with Crippen molar-refractivity contribution < 1.29 is 14.3 Å². The van der Waals surface area contributed by atoms with Crippen LogP contribution >= 0.6 is 0 Å². The van der Waals surface area contributed by atoms with Crippen LogP contribution in [0.5, 0.6) is 5.75 Å². The molecule has 2 aromatic rings. The molecule has 3 atom stereocenters. The van der Waals surface area contributed by atoms with Crippen molar-refractivity contribution in [2.45, 2.75) is 39.0 Å². The van der Waals surface area contributed by atoms with Gasteiger partial charge >= 0.3 is 0 Å². The second-order valence-corrected chi connectivity index (χ2v) is 6.94. The second-order valence-electron chi connectivity index (χ2n) is 6.94. The number of nitrogens with one attached hydrogen (secondary N) is 1. The smallest absolute Gasteiger partial charge is 0.246 e. The summed E-state index contributed by atoms with van der Waals surface area (Å²) in [7, 11) is 0. The Morgan fingerprint density at radius 1 is 1.11 bits per heavy atom. The lowest BCUT2D eigenvalue weighted by Gasteiger charge is -2.39. The minimum absolute atomic E-state index is 0.0605. The summed E-state index contributed by atoms with van der Waals surface area (Å²) >= 11 is 0. The summed E-state index contributed by atoms with van der Waals surface area (Å²) in [5, 5.41) is 3.07. The Kier molecular flexibility index (Phi) is 6.48. The Morgan fingerprint density at radius 2 is 1.74 bits per heavy atom. The van der Waals surface area contributed by atoms with Crippen LogP contribution in [-0.2, 0) is 9.53 Å². The SMILES string of the molecule is CCOc1ccccc1NC(=O)C(c1ccccc1)N1CC(C)OC(C)C1. The van der Waals surface area contributed by atoms with Gasteiger partial charge in [0.25, 0.3) is 0 Å². The Labute approximate surface area is 161 Å². The van der Waals surface area contributed by atoms with Crippen LogP contribution in [0.3, 0.4) is 0 Å². The third-order valence-electron chi connectivity index (χ3n) is 4.62. The van der Waals surface area contributed by atoms with Gasteiger partial charge in [-0.1, -0.05) is 42.5 Å². The summed E-state index contributed by atoms with van der Waals surface area (Å²) in [6.07, 6.45) is 0.173.